The molecule has 2 rings (SSSR count). The molecule has 1 fully saturated rings. The van der Waals surface area contributed by atoms with Crippen LogP contribution in [0.2, 0.25) is 0 Å². The number of hydrogen-bond donors (Lipinski definition) is 2. The Kier molecular flexibility index (Phi) is 3.67. The number of nitrogens with one attached hydrogen (secondary N) is 1. The number of aromatic nitrogens is 1. The summed E-state index contributed by atoms with van der Waals surface area (Å²) < 4.78 is 0. The molecule has 0 amide bonds. The number of anilines is 1. The number of nitrogens with zero attached hydrogens (tertiary/aromatic N) is 1. The molecule has 0 saturated heterocycles. The molecule has 1 aliphatic carbocycles. The first kappa shape index (κ1) is 12.4. The highest BCUT2D eigenvalue weighted by atomic mass is 16.3. The van der Waals surface area contributed by atoms with E-state index >= 15 is 0 Å². The Morgan fingerprint density at radius 3 is 2.76 bits per heavy atom. The monoisotopic (exact) mass is 234 g/mol. The molecule has 1 aliphatic rings. The summed E-state index contributed by atoms with van der Waals surface area (Å²) in [6.45, 7) is 4.84. The van der Waals surface area contributed by atoms with Crippen LogP contribution in [0, 0.1) is 12.8 Å². The number of aryl methyl sites for hydroxylation is 1. The molecule has 0 unspecified atom stereocenters. The molecule has 1 saturated carbocycles. The minimum Gasteiger partial charge on any atom is -0.388 e. The summed E-state index contributed by atoms with van der Waals surface area (Å²) in [6.07, 6.45) is 4.04. The molecular formula is C14H22N2O. The van der Waals surface area contributed by atoms with Gasteiger partial charge in [0.1, 0.15) is 5.82 Å². The van der Waals surface area contributed by atoms with Crippen LogP contribution >= 0.6 is 0 Å². The van der Waals surface area contributed by atoms with Crippen LogP contribution in [0.15, 0.2) is 18.2 Å². The van der Waals surface area contributed by atoms with Crippen molar-refractivity contribution in [1.29, 1.82) is 0 Å². The fraction of sp³-hybridized carbons (Fsp3) is 0.643. The third-order valence-electron chi connectivity index (χ3n) is 3.69. The van der Waals surface area contributed by atoms with Crippen molar-refractivity contribution in [2.75, 3.05) is 11.9 Å². The smallest absolute Gasteiger partial charge is 0.126 e. The maximum absolute atomic E-state index is 10.4. The predicted octanol–water partition coefficient (Wildman–Crippen LogP) is 2.74. The van der Waals surface area contributed by atoms with Gasteiger partial charge in [-0.2, -0.15) is 0 Å². The minimum atomic E-state index is -0.544. The lowest BCUT2D eigenvalue weighted by Gasteiger charge is -2.35. The van der Waals surface area contributed by atoms with Crippen molar-refractivity contribution in [3.63, 3.8) is 0 Å². The summed E-state index contributed by atoms with van der Waals surface area (Å²) in [5.74, 6) is 1.62. The number of pyridine rings is 1. The topological polar surface area (TPSA) is 45.1 Å². The summed E-state index contributed by atoms with van der Waals surface area (Å²) in [5, 5.41) is 13.7. The van der Waals surface area contributed by atoms with Gasteiger partial charge >= 0.3 is 0 Å². The van der Waals surface area contributed by atoms with Crippen LogP contribution < -0.4 is 5.32 Å². The third kappa shape index (κ3) is 3.43. The Morgan fingerprint density at radius 2 is 2.12 bits per heavy atom. The molecule has 3 heteroatoms. The lowest BCUT2D eigenvalue weighted by Crippen LogP contribution is -2.40. The van der Waals surface area contributed by atoms with E-state index in [0.717, 1.165) is 43.1 Å². The fourth-order valence-corrected chi connectivity index (χ4v) is 2.37. The number of aliphatic hydroxyl groups is 1. The summed E-state index contributed by atoms with van der Waals surface area (Å²) in [6, 6.07) is 5.90. The minimum absolute atomic E-state index is 0.544. The summed E-state index contributed by atoms with van der Waals surface area (Å²) in [4.78, 5) is 4.38. The molecule has 1 aromatic heterocycles. The molecule has 0 bridgehead atoms. The molecule has 0 aromatic carbocycles. The van der Waals surface area contributed by atoms with Gasteiger partial charge in [-0.25, -0.2) is 4.98 Å². The molecule has 3 nitrogen and oxygen atoms in total. The van der Waals surface area contributed by atoms with E-state index in [1.165, 1.54) is 0 Å². The average Bonchev–Trinajstić information content (AvgIpc) is 2.31. The van der Waals surface area contributed by atoms with Crippen molar-refractivity contribution in [1.82, 2.24) is 4.98 Å². The normalized spacial score (nSPS) is 29.0. The second-order valence-electron chi connectivity index (χ2n) is 5.42. The third-order valence-corrected chi connectivity index (χ3v) is 3.69. The fourth-order valence-electron chi connectivity index (χ4n) is 2.37. The van der Waals surface area contributed by atoms with Crippen LogP contribution in [0.3, 0.4) is 0 Å². The maximum Gasteiger partial charge on any atom is 0.126 e. The van der Waals surface area contributed by atoms with Gasteiger partial charge in [0.05, 0.1) is 5.60 Å². The van der Waals surface area contributed by atoms with Gasteiger partial charge in [-0.05, 0) is 50.7 Å². The zero-order valence-corrected chi connectivity index (χ0v) is 10.7. The van der Waals surface area contributed by atoms with Crippen molar-refractivity contribution >= 4 is 5.82 Å². The van der Waals surface area contributed by atoms with Gasteiger partial charge in [0.25, 0.3) is 0 Å². The van der Waals surface area contributed by atoms with E-state index in [1.807, 2.05) is 25.1 Å². The number of hydrogen-bond acceptors (Lipinski definition) is 3. The first-order valence-electron chi connectivity index (χ1n) is 6.47. The summed E-state index contributed by atoms with van der Waals surface area (Å²) in [5.41, 5.74) is 0.456. The Balaban J connectivity index is 1.89. The zero-order chi connectivity index (χ0) is 12.3. The standard InChI is InChI=1S/C14H22N2O/c1-11-6-8-14(17,9-7-11)10-15-13-5-3-4-12(2)16-13/h3-5,11,17H,6-10H2,1-2H3,(H,15,16). The van der Waals surface area contributed by atoms with Crippen LogP contribution in [0.25, 0.3) is 0 Å². The van der Waals surface area contributed by atoms with E-state index < -0.39 is 5.60 Å². The molecular weight excluding hydrogens is 212 g/mol. The molecule has 2 N–H and O–H groups in total. The largest absolute Gasteiger partial charge is 0.388 e. The Bertz CT molecular complexity index is 370. The van der Waals surface area contributed by atoms with Crippen LogP contribution in [0.4, 0.5) is 5.82 Å². The molecule has 94 valence electrons. The van der Waals surface area contributed by atoms with Crippen molar-refractivity contribution in [3.8, 4) is 0 Å². The summed E-state index contributed by atoms with van der Waals surface area (Å²) >= 11 is 0. The number of rotatable bonds is 3. The SMILES string of the molecule is Cc1cccc(NCC2(O)CCC(C)CC2)n1. The average molecular weight is 234 g/mol. The van der Waals surface area contributed by atoms with E-state index in [9.17, 15) is 5.11 Å². The molecule has 0 spiro atoms. The second-order valence-corrected chi connectivity index (χ2v) is 5.42. The highest BCUT2D eigenvalue weighted by Gasteiger charge is 2.31. The lowest BCUT2D eigenvalue weighted by molar-refractivity contribution is 0.00494. The molecule has 1 aromatic rings. The quantitative estimate of drug-likeness (QED) is 0.845. The first-order valence-corrected chi connectivity index (χ1v) is 6.47. The van der Waals surface area contributed by atoms with Crippen LogP contribution in [0.5, 0.6) is 0 Å². The van der Waals surface area contributed by atoms with Gasteiger partial charge in [0.2, 0.25) is 0 Å². The maximum atomic E-state index is 10.4. The summed E-state index contributed by atoms with van der Waals surface area (Å²) in [7, 11) is 0. The Hall–Kier alpha value is -1.09. The van der Waals surface area contributed by atoms with Crippen molar-refractivity contribution in [3.05, 3.63) is 23.9 Å². The van der Waals surface area contributed by atoms with Crippen molar-refractivity contribution in [2.45, 2.75) is 45.1 Å². The Labute approximate surface area is 103 Å². The van der Waals surface area contributed by atoms with Crippen LogP contribution in [0.1, 0.15) is 38.3 Å². The zero-order valence-electron chi connectivity index (χ0n) is 10.7. The van der Waals surface area contributed by atoms with E-state index in [1.54, 1.807) is 0 Å². The van der Waals surface area contributed by atoms with Gasteiger partial charge in [-0.1, -0.05) is 13.0 Å². The highest BCUT2D eigenvalue weighted by molar-refractivity contribution is 5.35. The van der Waals surface area contributed by atoms with E-state index in [2.05, 4.69) is 17.2 Å². The van der Waals surface area contributed by atoms with Crippen LogP contribution in [-0.4, -0.2) is 22.2 Å². The first-order chi connectivity index (χ1) is 8.07. The predicted molar refractivity (Wildman–Crippen MR) is 70.0 cm³/mol. The van der Waals surface area contributed by atoms with Gasteiger partial charge in [-0.3, -0.25) is 0 Å². The van der Waals surface area contributed by atoms with Gasteiger partial charge in [0, 0.05) is 12.2 Å². The van der Waals surface area contributed by atoms with E-state index in [4.69, 9.17) is 0 Å². The van der Waals surface area contributed by atoms with E-state index in [-0.39, 0.29) is 0 Å². The van der Waals surface area contributed by atoms with Gasteiger partial charge in [0.15, 0.2) is 0 Å². The molecule has 0 atom stereocenters. The van der Waals surface area contributed by atoms with E-state index in [0.29, 0.717) is 6.54 Å². The molecule has 0 aliphatic heterocycles. The Morgan fingerprint density at radius 1 is 1.41 bits per heavy atom. The molecule has 1 heterocycles. The highest BCUT2D eigenvalue weighted by Crippen LogP contribution is 2.31. The van der Waals surface area contributed by atoms with Crippen molar-refractivity contribution < 1.29 is 5.11 Å². The van der Waals surface area contributed by atoms with Gasteiger partial charge < -0.3 is 10.4 Å². The van der Waals surface area contributed by atoms with Gasteiger partial charge in [-0.15, -0.1) is 0 Å². The van der Waals surface area contributed by atoms with Crippen LogP contribution in [-0.2, 0) is 0 Å². The molecule has 0 radical (unpaired) electrons. The molecule has 17 heavy (non-hydrogen) atoms. The second kappa shape index (κ2) is 5.05. The van der Waals surface area contributed by atoms with Crippen molar-refractivity contribution in [2.24, 2.45) is 5.92 Å². The lowest BCUT2D eigenvalue weighted by atomic mass is 9.79.